The van der Waals surface area contributed by atoms with Crippen LogP contribution in [-0.4, -0.2) is 6.09 Å². The molecule has 0 aliphatic carbocycles. The van der Waals surface area contributed by atoms with Crippen molar-refractivity contribution in [2.24, 2.45) is 0 Å². The van der Waals surface area contributed by atoms with E-state index >= 15 is 0 Å². The molecule has 0 radical (unpaired) electrons. The predicted octanol–water partition coefficient (Wildman–Crippen LogP) is 5.83. The first-order valence-corrected chi connectivity index (χ1v) is 8.79. The van der Waals surface area contributed by atoms with Crippen LogP contribution in [0.15, 0.2) is 78.9 Å². The number of amides is 1. The van der Waals surface area contributed by atoms with Crippen LogP contribution < -0.4 is 10.1 Å². The van der Waals surface area contributed by atoms with E-state index in [9.17, 15) is 4.79 Å². The van der Waals surface area contributed by atoms with Crippen molar-refractivity contribution >= 4 is 34.4 Å². The Morgan fingerprint density at radius 3 is 2.48 bits per heavy atom. The maximum absolute atomic E-state index is 12.1. The Morgan fingerprint density at radius 2 is 1.68 bits per heavy atom. The predicted molar refractivity (Wildman–Crippen MR) is 106 cm³/mol. The van der Waals surface area contributed by atoms with Crippen molar-refractivity contribution in [3.05, 3.63) is 88.0 Å². The summed E-state index contributed by atoms with van der Waals surface area (Å²) in [5.74, 6) is 1.26. The highest BCUT2D eigenvalue weighted by molar-refractivity contribution is 14.1. The summed E-state index contributed by atoms with van der Waals surface area (Å²) in [4.78, 5) is 12.1. The van der Waals surface area contributed by atoms with Crippen LogP contribution in [0.4, 0.5) is 10.5 Å². The smallest absolute Gasteiger partial charge is 0.412 e. The molecule has 0 aliphatic rings. The van der Waals surface area contributed by atoms with Crippen LogP contribution >= 0.6 is 22.6 Å². The number of hydrogen-bond donors (Lipinski definition) is 1. The average Bonchev–Trinajstić information content (AvgIpc) is 2.63. The summed E-state index contributed by atoms with van der Waals surface area (Å²) in [5.41, 5.74) is 1.49. The molecule has 0 unspecified atom stereocenters. The van der Waals surface area contributed by atoms with Crippen LogP contribution in [0.2, 0.25) is 0 Å². The van der Waals surface area contributed by atoms with Crippen molar-refractivity contribution in [3.63, 3.8) is 0 Å². The van der Waals surface area contributed by atoms with Gasteiger partial charge < -0.3 is 9.47 Å². The van der Waals surface area contributed by atoms with Crippen molar-refractivity contribution in [3.8, 4) is 11.5 Å². The molecule has 3 aromatic rings. The lowest BCUT2D eigenvalue weighted by Gasteiger charge is -2.12. The van der Waals surface area contributed by atoms with Crippen LogP contribution in [0.1, 0.15) is 5.56 Å². The van der Waals surface area contributed by atoms with E-state index in [2.05, 4.69) is 27.9 Å². The average molecular weight is 445 g/mol. The van der Waals surface area contributed by atoms with Gasteiger partial charge in [0.1, 0.15) is 12.4 Å². The molecular formula is C20H16INO3. The van der Waals surface area contributed by atoms with E-state index in [-0.39, 0.29) is 6.61 Å². The van der Waals surface area contributed by atoms with Gasteiger partial charge in [0.15, 0.2) is 5.75 Å². The van der Waals surface area contributed by atoms with E-state index in [1.165, 1.54) is 0 Å². The van der Waals surface area contributed by atoms with Gasteiger partial charge in [0.05, 0.1) is 5.69 Å². The molecule has 4 nitrogen and oxygen atoms in total. The molecule has 1 N–H and O–H groups in total. The minimum Gasteiger partial charge on any atom is -0.455 e. The number of halogens is 1. The lowest BCUT2D eigenvalue weighted by molar-refractivity contribution is 0.155. The first kappa shape index (κ1) is 17.3. The number of benzene rings is 3. The van der Waals surface area contributed by atoms with Crippen LogP contribution in [-0.2, 0) is 11.3 Å². The van der Waals surface area contributed by atoms with Gasteiger partial charge in [-0.25, -0.2) is 4.79 Å². The van der Waals surface area contributed by atoms with E-state index < -0.39 is 6.09 Å². The number of ether oxygens (including phenoxy) is 2. The first-order chi connectivity index (χ1) is 12.2. The zero-order valence-corrected chi connectivity index (χ0v) is 15.5. The summed E-state index contributed by atoms with van der Waals surface area (Å²) in [5, 5.41) is 2.73. The molecular weight excluding hydrogens is 429 g/mol. The lowest BCUT2D eigenvalue weighted by atomic mass is 10.2. The van der Waals surface area contributed by atoms with Gasteiger partial charge in [-0.3, -0.25) is 5.32 Å². The normalized spacial score (nSPS) is 10.1. The molecule has 5 heteroatoms. The largest absolute Gasteiger partial charge is 0.455 e. The molecule has 0 atom stereocenters. The minimum atomic E-state index is -0.525. The topological polar surface area (TPSA) is 47.6 Å². The molecule has 126 valence electrons. The van der Waals surface area contributed by atoms with E-state index in [0.717, 1.165) is 9.13 Å². The van der Waals surface area contributed by atoms with Crippen molar-refractivity contribution in [2.45, 2.75) is 6.61 Å². The van der Waals surface area contributed by atoms with Gasteiger partial charge in [0, 0.05) is 3.57 Å². The Bertz CT molecular complexity index is 852. The van der Waals surface area contributed by atoms with Crippen molar-refractivity contribution in [1.29, 1.82) is 0 Å². The van der Waals surface area contributed by atoms with E-state index in [1.54, 1.807) is 12.1 Å². The fourth-order valence-electron chi connectivity index (χ4n) is 2.19. The zero-order valence-electron chi connectivity index (χ0n) is 13.3. The summed E-state index contributed by atoms with van der Waals surface area (Å²) in [6.45, 7) is 0.215. The highest BCUT2D eigenvalue weighted by Gasteiger charge is 2.09. The molecule has 0 spiro atoms. The van der Waals surface area contributed by atoms with Gasteiger partial charge in [-0.05, 0) is 58.5 Å². The van der Waals surface area contributed by atoms with Crippen LogP contribution in [0.5, 0.6) is 11.5 Å². The maximum Gasteiger partial charge on any atom is 0.412 e. The second kappa shape index (κ2) is 8.53. The summed E-state index contributed by atoms with van der Waals surface area (Å²) in [7, 11) is 0. The van der Waals surface area contributed by atoms with E-state index in [4.69, 9.17) is 9.47 Å². The minimum absolute atomic E-state index is 0.215. The van der Waals surface area contributed by atoms with Crippen LogP contribution in [0, 0.1) is 3.57 Å². The number of anilines is 1. The Hall–Kier alpha value is -2.54. The summed E-state index contributed by atoms with van der Waals surface area (Å²) in [6.07, 6.45) is -0.525. The Morgan fingerprint density at radius 1 is 0.920 bits per heavy atom. The molecule has 0 aromatic heterocycles. The fraction of sp³-hybridized carbons (Fsp3) is 0.0500. The third-order valence-electron chi connectivity index (χ3n) is 3.36. The Kier molecular flexibility index (Phi) is 5.90. The zero-order chi connectivity index (χ0) is 17.5. The Labute approximate surface area is 159 Å². The molecule has 0 saturated carbocycles. The third-order valence-corrected chi connectivity index (χ3v) is 4.03. The molecule has 3 aromatic carbocycles. The highest BCUT2D eigenvalue weighted by Crippen LogP contribution is 2.30. The Balaban J connectivity index is 1.65. The second-order valence-electron chi connectivity index (χ2n) is 5.24. The standard InChI is InChI=1S/C20H16INO3/c21-16-9-6-10-17(13-16)25-19-12-5-4-11-18(19)22-20(23)24-14-15-7-2-1-3-8-15/h1-13H,14H2,(H,22,23). The third kappa shape index (κ3) is 5.22. The van der Waals surface area contributed by atoms with Crippen LogP contribution in [0.25, 0.3) is 0 Å². The first-order valence-electron chi connectivity index (χ1n) is 7.71. The molecule has 3 rings (SSSR count). The fourth-order valence-corrected chi connectivity index (χ4v) is 2.70. The molecule has 25 heavy (non-hydrogen) atoms. The lowest BCUT2D eigenvalue weighted by Crippen LogP contribution is -2.14. The van der Waals surface area contributed by atoms with Gasteiger partial charge in [-0.1, -0.05) is 48.5 Å². The molecule has 0 aliphatic heterocycles. The summed E-state index contributed by atoms with van der Waals surface area (Å²) in [6, 6.07) is 24.5. The molecule has 0 bridgehead atoms. The van der Waals surface area contributed by atoms with Gasteiger partial charge in [-0.15, -0.1) is 0 Å². The van der Waals surface area contributed by atoms with Crippen molar-refractivity contribution < 1.29 is 14.3 Å². The van der Waals surface area contributed by atoms with Crippen molar-refractivity contribution in [1.82, 2.24) is 0 Å². The van der Waals surface area contributed by atoms with Gasteiger partial charge in [0.2, 0.25) is 0 Å². The molecule has 0 heterocycles. The number of rotatable bonds is 5. The van der Waals surface area contributed by atoms with Gasteiger partial charge in [-0.2, -0.15) is 0 Å². The van der Waals surface area contributed by atoms with E-state index in [0.29, 0.717) is 17.2 Å². The highest BCUT2D eigenvalue weighted by atomic mass is 127. The van der Waals surface area contributed by atoms with Gasteiger partial charge in [0.25, 0.3) is 0 Å². The SMILES string of the molecule is O=C(Nc1ccccc1Oc1cccc(I)c1)OCc1ccccc1. The number of carbonyl (C=O) groups excluding carboxylic acids is 1. The van der Waals surface area contributed by atoms with Gasteiger partial charge >= 0.3 is 6.09 Å². The summed E-state index contributed by atoms with van der Waals surface area (Å²) < 4.78 is 12.2. The second-order valence-corrected chi connectivity index (χ2v) is 6.49. The quantitative estimate of drug-likeness (QED) is 0.503. The number of nitrogens with one attached hydrogen (secondary N) is 1. The maximum atomic E-state index is 12.1. The monoisotopic (exact) mass is 445 g/mol. The van der Waals surface area contributed by atoms with E-state index in [1.807, 2.05) is 66.7 Å². The summed E-state index contributed by atoms with van der Waals surface area (Å²) >= 11 is 2.22. The number of hydrogen-bond acceptors (Lipinski definition) is 3. The molecule has 1 amide bonds. The van der Waals surface area contributed by atoms with Crippen LogP contribution in [0.3, 0.4) is 0 Å². The van der Waals surface area contributed by atoms with Crippen molar-refractivity contribution in [2.75, 3.05) is 5.32 Å². The number of para-hydroxylation sites is 2. The molecule has 0 saturated heterocycles. The number of carbonyl (C=O) groups is 1. The molecule has 0 fully saturated rings.